The lowest BCUT2D eigenvalue weighted by Gasteiger charge is -2.19. The molecule has 1 aromatic carbocycles. The molecular formula is C17H22N2O2. The van der Waals surface area contributed by atoms with E-state index in [9.17, 15) is 4.79 Å². The Morgan fingerprint density at radius 1 is 1.19 bits per heavy atom. The van der Waals surface area contributed by atoms with Gasteiger partial charge in [-0.05, 0) is 38.8 Å². The highest BCUT2D eigenvalue weighted by atomic mass is 16.6. The summed E-state index contributed by atoms with van der Waals surface area (Å²) in [6, 6.07) is 10.2. The summed E-state index contributed by atoms with van der Waals surface area (Å²) in [4.78, 5) is 11.8. The third-order valence-corrected chi connectivity index (χ3v) is 2.92. The average molecular weight is 286 g/mol. The van der Waals surface area contributed by atoms with Crippen molar-refractivity contribution >= 4 is 11.8 Å². The van der Waals surface area contributed by atoms with Crippen molar-refractivity contribution in [1.82, 2.24) is 4.57 Å². The topological polar surface area (TPSA) is 43.3 Å². The molecule has 1 aromatic heterocycles. The third kappa shape index (κ3) is 4.67. The van der Waals surface area contributed by atoms with Crippen molar-refractivity contribution in [2.24, 2.45) is 0 Å². The molecule has 0 saturated heterocycles. The first-order chi connectivity index (χ1) is 9.83. The number of anilines is 1. The average Bonchev–Trinajstić information content (AvgIpc) is 2.68. The van der Waals surface area contributed by atoms with Gasteiger partial charge in [0.1, 0.15) is 5.60 Å². The molecule has 0 saturated carbocycles. The van der Waals surface area contributed by atoms with E-state index in [1.807, 2.05) is 58.3 Å². The van der Waals surface area contributed by atoms with Crippen LogP contribution >= 0.6 is 0 Å². The lowest BCUT2D eigenvalue weighted by Crippen LogP contribution is -2.27. The van der Waals surface area contributed by atoms with Crippen molar-refractivity contribution in [2.75, 3.05) is 5.32 Å². The van der Waals surface area contributed by atoms with Crippen LogP contribution in [0.15, 0.2) is 42.7 Å². The summed E-state index contributed by atoms with van der Waals surface area (Å²) in [6.45, 7) is 8.28. The normalized spacial score (nSPS) is 11.2. The molecule has 2 aromatic rings. The number of hydrogen-bond donors (Lipinski definition) is 1. The van der Waals surface area contributed by atoms with Crippen LogP contribution in [-0.4, -0.2) is 16.3 Å². The van der Waals surface area contributed by atoms with E-state index in [-0.39, 0.29) is 0 Å². The SMILES string of the molecule is Cc1cn(Cc2ccccc2)cc1NC(=O)OC(C)(C)C. The van der Waals surface area contributed by atoms with E-state index in [1.165, 1.54) is 5.56 Å². The predicted molar refractivity (Wildman–Crippen MR) is 84.6 cm³/mol. The number of benzene rings is 1. The van der Waals surface area contributed by atoms with Gasteiger partial charge in [-0.2, -0.15) is 0 Å². The van der Waals surface area contributed by atoms with Gasteiger partial charge in [-0.25, -0.2) is 4.79 Å². The monoisotopic (exact) mass is 286 g/mol. The lowest BCUT2D eigenvalue weighted by atomic mass is 10.2. The highest BCUT2D eigenvalue weighted by molar-refractivity contribution is 5.85. The van der Waals surface area contributed by atoms with Crippen molar-refractivity contribution in [1.29, 1.82) is 0 Å². The van der Waals surface area contributed by atoms with Crippen LogP contribution < -0.4 is 5.32 Å². The Morgan fingerprint density at radius 3 is 2.48 bits per heavy atom. The van der Waals surface area contributed by atoms with Gasteiger partial charge in [-0.3, -0.25) is 5.32 Å². The smallest absolute Gasteiger partial charge is 0.412 e. The number of carbonyl (C=O) groups excluding carboxylic acids is 1. The maximum Gasteiger partial charge on any atom is 0.412 e. The minimum absolute atomic E-state index is 0.428. The summed E-state index contributed by atoms with van der Waals surface area (Å²) in [6.07, 6.45) is 3.51. The summed E-state index contributed by atoms with van der Waals surface area (Å²) in [5.74, 6) is 0. The molecule has 1 amide bonds. The van der Waals surface area contributed by atoms with E-state index >= 15 is 0 Å². The Bertz CT molecular complexity index is 609. The van der Waals surface area contributed by atoms with Crippen LogP contribution in [0.4, 0.5) is 10.5 Å². The van der Waals surface area contributed by atoms with Gasteiger partial charge in [0.25, 0.3) is 0 Å². The summed E-state index contributed by atoms with van der Waals surface area (Å²) in [5.41, 5.74) is 2.51. The lowest BCUT2D eigenvalue weighted by molar-refractivity contribution is 0.0636. The van der Waals surface area contributed by atoms with Crippen LogP contribution in [0.1, 0.15) is 31.9 Å². The third-order valence-electron chi connectivity index (χ3n) is 2.92. The minimum atomic E-state index is -0.495. The first-order valence-corrected chi connectivity index (χ1v) is 7.04. The summed E-state index contributed by atoms with van der Waals surface area (Å²) in [7, 11) is 0. The largest absolute Gasteiger partial charge is 0.444 e. The molecule has 0 aliphatic rings. The number of aromatic nitrogens is 1. The first kappa shape index (κ1) is 15.2. The number of carbonyl (C=O) groups is 1. The maximum atomic E-state index is 11.8. The summed E-state index contributed by atoms with van der Waals surface area (Å²) in [5, 5.41) is 2.79. The zero-order valence-corrected chi connectivity index (χ0v) is 13.0. The Kier molecular flexibility index (Phi) is 4.36. The van der Waals surface area contributed by atoms with Gasteiger partial charge in [0, 0.05) is 18.9 Å². The highest BCUT2D eigenvalue weighted by Gasteiger charge is 2.17. The Labute approximate surface area is 125 Å². The molecule has 2 rings (SSSR count). The highest BCUT2D eigenvalue weighted by Crippen LogP contribution is 2.18. The summed E-state index contributed by atoms with van der Waals surface area (Å²) < 4.78 is 7.32. The standard InChI is InChI=1S/C17H22N2O2/c1-13-10-19(11-14-8-6-5-7-9-14)12-15(13)18-16(20)21-17(2,3)4/h5-10,12H,11H2,1-4H3,(H,18,20). The number of nitrogens with zero attached hydrogens (tertiary/aromatic N) is 1. The van der Waals surface area contributed by atoms with E-state index in [0.717, 1.165) is 17.8 Å². The molecule has 0 fully saturated rings. The van der Waals surface area contributed by atoms with E-state index in [1.54, 1.807) is 0 Å². The maximum absolute atomic E-state index is 11.8. The fraction of sp³-hybridized carbons (Fsp3) is 0.353. The van der Waals surface area contributed by atoms with Crippen molar-refractivity contribution in [3.63, 3.8) is 0 Å². The van der Waals surface area contributed by atoms with Crippen LogP contribution in [0, 0.1) is 6.92 Å². The molecule has 0 aliphatic heterocycles. The molecule has 0 radical (unpaired) electrons. The van der Waals surface area contributed by atoms with Gasteiger partial charge in [0.15, 0.2) is 0 Å². The van der Waals surface area contributed by atoms with E-state index in [2.05, 4.69) is 22.0 Å². The Balaban J connectivity index is 2.04. The number of aryl methyl sites for hydroxylation is 1. The molecule has 1 heterocycles. The van der Waals surface area contributed by atoms with Gasteiger partial charge >= 0.3 is 6.09 Å². The van der Waals surface area contributed by atoms with Crippen LogP contribution in [-0.2, 0) is 11.3 Å². The van der Waals surface area contributed by atoms with Crippen molar-refractivity contribution in [3.05, 3.63) is 53.9 Å². The number of amides is 1. The van der Waals surface area contributed by atoms with Gasteiger partial charge in [0.05, 0.1) is 5.69 Å². The fourth-order valence-electron chi connectivity index (χ4n) is 2.05. The minimum Gasteiger partial charge on any atom is -0.444 e. The molecule has 21 heavy (non-hydrogen) atoms. The van der Waals surface area contributed by atoms with Crippen LogP contribution in [0.25, 0.3) is 0 Å². The molecule has 0 bridgehead atoms. The molecule has 1 N–H and O–H groups in total. The quantitative estimate of drug-likeness (QED) is 0.919. The van der Waals surface area contributed by atoms with E-state index < -0.39 is 11.7 Å². The molecule has 4 heteroatoms. The Hall–Kier alpha value is -2.23. The number of hydrogen-bond acceptors (Lipinski definition) is 2. The van der Waals surface area contributed by atoms with Crippen LogP contribution in [0.2, 0.25) is 0 Å². The second kappa shape index (κ2) is 6.04. The van der Waals surface area contributed by atoms with Crippen molar-refractivity contribution < 1.29 is 9.53 Å². The van der Waals surface area contributed by atoms with Gasteiger partial charge in [-0.15, -0.1) is 0 Å². The molecule has 0 spiro atoms. The van der Waals surface area contributed by atoms with E-state index in [0.29, 0.717) is 0 Å². The van der Waals surface area contributed by atoms with Crippen LogP contribution in [0.5, 0.6) is 0 Å². The number of nitrogens with one attached hydrogen (secondary N) is 1. The van der Waals surface area contributed by atoms with Gasteiger partial charge in [-0.1, -0.05) is 30.3 Å². The molecule has 112 valence electrons. The first-order valence-electron chi connectivity index (χ1n) is 7.04. The zero-order valence-electron chi connectivity index (χ0n) is 13.0. The number of ether oxygens (including phenoxy) is 1. The predicted octanol–water partition coefficient (Wildman–Crippen LogP) is 4.19. The molecule has 0 unspecified atom stereocenters. The van der Waals surface area contributed by atoms with Crippen LogP contribution in [0.3, 0.4) is 0 Å². The zero-order chi connectivity index (χ0) is 15.5. The summed E-state index contributed by atoms with van der Waals surface area (Å²) >= 11 is 0. The second-order valence-corrected chi connectivity index (χ2v) is 6.14. The molecular weight excluding hydrogens is 264 g/mol. The fourth-order valence-corrected chi connectivity index (χ4v) is 2.05. The van der Waals surface area contributed by atoms with Crippen molar-refractivity contribution in [2.45, 2.75) is 39.8 Å². The number of rotatable bonds is 3. The Morgan fingerprint density at radius 2 is 1.86 bits per heavy atom. The van der Waals surface area contributed by atoms with Gasteiger partial charge in [0.2, 0.25) is 0 Å². The van der Waals surface area contributed by atoms with Gasteiger partial charge < -0.3 is 9.30 Å². The molecule has 4 nitrogen and oxygen atoms in total. The second-order valence-electron chi connectivity index (χ2n) is 6.14. The van der Waals surface area contributed by atoms with Crippen molar-refractivity contribution in [3.8, 4) is 0 Å². The molecule has 0 atom stereocenters. The van der Waals surface area contributed by atoms with E-state index in [4.69, 9.17) is 4.74 Å². The molecule has 0 aliphatic carbocycles.